The Labute approximate surface area is 112 Å². The maximum atomic E-state index is 12.2. The van der Waals surface area contributed by atoms with Crippen LogP contribution in [0.25, 0.3) is 0 Å². The van der Waals surface area contributed by atoms with E-state index in [0.717, 1.165) is 23.7 Å². The molecule has 0 fully saturated rings. The summed E-state index contributed by atoms with van der Waals surface area (Å²) in [6.45, 7) is 3.79. The third-order valence-corrected chi connectivity index (χ3v) is 4.79. The first-order chi connectivity index (χ1) is 8.01. The summed E-state index contributed by atoms with van der Waals surface area (Å²) in [6, 6.07) is 7.01. The molecule has 0 spiro atoms. The van der Waals surface area contributed by atoms with Crippen molar-refractivity contribution in [2.24, 2.45) is 0 Å². The Kier molecular flexibility index (Phi) is 5.62. The molecule has 0 saturated carbocycles. The molecule has 0 bridgehead atoms. The zero-order chi connectivity index (χ0) is 12.9. The molecule has 0 saturated heterocycles. The summed E-state index contributed by atoms with van der Waals surface area (Å²) in [5.41, 5.74) is 0.772. The van der Waals surface area contributed by atoms with Gasteiger partial charge in [-0.3, -0.25) is 0 Å². The standard InChI is InChI=1S/C12H18BrNO2S/c1-3-11(8-9-13)14-17(15,16)12-7-5-4-6-10(12)2/h4-7,11,14H,3,8-9H2,1-2H3. The molecule has 0 aromatic heterocycles. The van der Waals surface area contributed by atoms with Crippen LogP contribution < -0.4 is 4.72 Å². The van der Waals surface area contributed by atoms with Crippen molar-refractivity contribution < 1.29 is 8.42 Å². The second-order valence-corrected chi connectivity index (χ2v) is 6.45. The Morgan fingerprint density at radius 1 is 1.35 bits per heavy atom. The van der Waals surface area contributed by atoms with E-state index in [0.29, 0.717) is 4.90 Å². The fraction of sp³-hybridized carbons (Fsp3) is 0.500. The minimum atomic E-state index is -3.40. The second-order valence-electron chi connectivity index (χ2n) is 3.97. The van der Waals surface area contributed by atoms with Crippen LogP contribution in [0.15, 0.2) is 29.2 Å². The van der Waals surface area contributed by atoms with Crippen molar-refractivity contribution in [3.63, 3.8) is 0 Å². The molecule has 1 N–H and O–H groups in total. The van der Waals surface area contributed by atoms with Gasteiger partial charge in [0.1, 0.15) is 0 Å². The lowest BCUT2D eigenvalue weighted by atomic mass is 10.2. The molecule has 17 heavy (non-hydrogen) atoms. The van der Waals surface area contributed by atoms with Gasteiger partial charge in [0.15, 0.2) is 0 Å². The van der Waals surface area contributed by atoms with E-state index in [1.807, 2.05) is 13.0 Å². The number of hydrogen-bond donors (Lipinski definition) is 1. The first kappa shape index (κ1) is 14.7. The molecule has 96 valence electrons. The van der Waals surface area contributed by atoms with Gasteiger partial charge < -0.3 is 0 Å². The Balaban J connectivity index is 2.92. The average Bonchev–Trinajstić information content (AvgIpc) is 2.28. The van der Waals surface area contributed by atoms with Crippen LogP contribution in [0.3, 0.4) is 0 Å². The van der Waals surface area contributed by atoms with Gasteiger partial charge in [-0.1, -0.05) is 41.1 Å². The molecule has 0 amide bonds. The van der Waals surface area contributed by atoms with Crippen molar-refractivity contribution in [2.75, 3.05) is 5.33 Å². The average molecular weight is 320 g/mol. The minimum absolute atomic E-state index is 0.0148. The van der Waals surface area contributed by atoms with Crippen molar-refractivity contribution in [3.8, 4) is 0 Å². The summed E-state index contributed by atoms with van der Waals surface area (Å²) in [6.07, 6.45) is 1.58. The number of sulfonamides is 1. The first-order valence-corrected chi connectivity index (χ1v) is 8.25. The number of aryl methyl sites for hydroxylation is 1. The van der Waals surface area contributed by atoms with Crippen molar-refractivity contribution in [3.05, 3.63) is 29.8 Å². The van der Waals surface area contributed by atoms with Gasteiger partial charge in [0.25, 0.3) is 0 Å². The Morgan fingerprint density at radius 2 is 2.00 bits per heavy atom. The SMILES string of the molecule is CCC(CCBr)NS(=O)(=O)c1ccccc1C. The predicted molar refractivity (Wildman–Crippen MR) is 74.0 cm³/mol. The number of halogens is 1. The molecule has 1 aromatic rings. The van der Waals surface area contributed by atoms with E-state index in [-0.39, 0.29) is 6.04 Å². The molecule has 0 aliphatic carbocycles. The van der Waals surface area contributed by atoms with E-state index in [2.05, 4.69) is 20.7 Å². The highest BCUT2D eigenvalue weighted by molar-refractivity contribution is 9.09. The molecule has 0 heterocycles. The van der Waals surface area contributed by atoms with Crippen LogP contribution in [0.5, 0.6) is 0 Å². The van der Waals surface area contributed by atoms with E-state index < -0.39 is 10.0 Å². The molecule has 0 aliphatic rings. The smallest absolute Gasteiger partial charge is 0.208 e. The maximum absolute atomic E-state index is 12.2. The molecule has 1 atom stereocenters. The Morgan fingerprint density at radius 3 is 2.53 bits per heavy atom. The summed E-state index contributed by atoms with van der Waals surface area (Å²) < 4.78 is 27.1. The van der Waals surface area contributed by atoms with Crippen LogP contribution in [0.1, 0.15) is 25.3 Å². The minimum Gasteiger partial charge on any atom is -0.208 e. The van der Waals surface area contributed by atoms with Gasteiger partial charge in [-0.2, -0.15) is 0 Å². The molecular weight excluding hydrogens is 302 g/mol. The van der Waals surface area contributed by atoms with Crippen LogP contribution in [0.2, 0.25) is 0 Å². The number of rotatable bonds is 6. The van der Waals surface area contributed by atoms with Crippen molar-refractivity contribution in [2.45, 2.75) is 37.6 Å². The monoisotopic (exact) mass is 319 g/mol. The summed E-state index contributed by atoms with van der Waals surface area (Å²) >= 11 is 3.33. The van der Waals surface area contributed by atoms with Gasteiger partial charge in [-0.05, 0) is 31.4 Å². The van der Waals surface area contributed by atoms with Crippen molar-refractivity contribution >= 4 is 26.0 Å². The van der Waals surface area contributed by atoms with Crippen LogP contribution in [0.4, 0.5) is 0 Å². The van der Waals surface area contributed by atoms with Crippen molar-refractivity contribution in [1.29, 1.82) is 0 Å². The topological polar surface area (TPSA) is 46.2 Å². The molecular formula is C12H18BrNO2S. The molecule has 0 radical (unpaired) electrons. The zero-order valence-electron chi connectivity index (χ0n) is 10.1. The van der Waals surface area contributed by atoms with E-state index >= 15 is 0 Å². The summed E-state index contributed by atoms with van der Waals surface area (Å²) in [7, 11) is -3.40. The van der Waals surface area contributed by atoms with Gasteiger partial charge in [-0.25, -0.2) is 13.1 Å². The van der Waals surface area contributed by atoms with Crippen LogP contribution in [-0.2, 0) is 10.0 Å². The van der Waals surface area contributed by atoms with Gasteiger partial charge in [0.2, 0.25) is 10.0 Å². The molecule has 5 heteroatoms. The second kappa shape index (κ2) is 6.52. The third kappa shape index (κ3) is 4.08. The molecule has 1 unspecified atom stereocenters. The molecule has 1 aromatic carbocycles. The quantitative estimate of drug-likeness (QED) is 0.819. The number of hydrogen-bond acceptors (Lipinski definition) is 2. The summed E-state index contributed by atoms with van der Waals surface area (Å²) in [5.74, 6) is 0. The number of benzene rings is 1. The van der Waals surface area contributed by atoms with Gasteiger partial charge in [0, 0.05) is 11.4 Å². The summed E-state index contributed by atoms with van der Waals surface area (Å²) in [5, 5.41) is 0.793. The first-order valence-electron chi connectivity index (χ1n) is 5.65. The normalized spacial score (nSPS) is 13.6. The lowest BCUT2D eigenvalue weighted by Crippen LogP contribution is -2.35. The molecule has 3 nitrogen and oxygen atoms in total. The zero-order valence-corrected chi connectivity index (χ0v) is 12.5. The van der Waals surface area contributed by atoms with Gasteiger partial charge in [-0.15, -0.1) is 0 Å². The van der Waals surface area contributed by atoms with Crippen LogP contribution in [-0.4, -0.2) is 19.8 Å². The van der Waals surface area contributed by atoms with Crippen LogP contribution >= 0.6 is 15.9 Å². The highest BCUT2D eigenvalue weighted by Crippen LogP contribution is 2.15. The molecule has 0 aliphatic heterocycles. The number of nitrogens with one attached hydrogen (secondary N) is 1. The summed E-state index contributed by atoms with van der Waals surface area (Å²) in [4.78, 5) is 0.369. The Bertz CT molecular complexity index is 459. The number of alkyl halides is 1. The fourth-order valence-corrected chi connectivity index (χ4v) is 3.77. The Hall–Kier alpha value is -0.390. The third-order valence-electron chi connectivity index (χ3n) is 2.66. The van der Waals surface area contributed by atoms with Gasteiger partial charge in [0.05, 0.1) is 4.90 Å². The van der Waals surface area contributed by atoms with E-state index in [9.17, 15) is 8.42 Å². The molecule has 1 rings (SSSR count). The maximum Gasteiger partial charge on any atom is 0.241 e. The van der Waals surface area contributed by atoms with Crippen molar-refractivity contribution in [1.82, 2.24) is 4.72 Å². The fourth-order valence-electron chi connectivity index (χ4n) is 1.62. The highest BCUT2D eigenvalue weighted by Gasteiger charge is 2.19. The largest absolute Gasteiger partial charge is 0.241 e. The van der Waals surface area contributed by atoms with E-state index in [1.165, 1.54) is 0 Å². The lowest BCUT2D eigenvalue weighted by Gasteiger charge is -2.16. The lowest BCUT2D eigenvalue weighted by molar-refractivity contribution is 0.532. The van der Waals surface area contributed by atoms with E-state index in [4.69, 9.17) is 0 Å². The predicted octanol–water partition coefficient (Wildman–Crippen LogP) is 2.84. The van der Waals surface area contributed by atoms with Gasteiger partial charge >= 0.3 is 0 Å². The van der Waals surface area contributed by atoms with E-state index in [1.54, 1.807) is 25.1 Å². The highest BCUT2D eigenvalue weighted by atomic mass is 79.9. The van der Waals surface area contributed by atoms with Crippen LogP contribution in [0, 0.1) is 6.92 Å².